The van der Waals surface area contributed by atoms with Crippen LogP contribution >= 0.6 is 11.6 Å². The number of anilines is 1. The summed E-state index contributed by atoms with van der Waals surface area (Å²) in [7, 11) is 0. The average molecular weight is 289 g/mol. The highest BCUT2D eigenvalue weighted by Gasteiger charge is 2.12. The highest BCUT2D eigenvalue weighted by atomic mass is 35.5. The molecule has 0 unspecified atom stereocenters. The first-order valence-electron chi connectivity index (χ1n) is 5.88. The molecular weight excluding hydrogens is 279 g/mol. The average Bonchev–Trinajstić information content (AvgIpc) is 2.83. The third kappa shape index (κ3) is 2.23. The normalized spacial score (nSPS) is 10.7. The second-order valence-corrected chi connectivity index (χ2v) is 4.65. The molecule has 0 amide bonds. The van der Waals surface area contributed by atoms with Gasteiger partial charge in [-0.25, -0.2) is 4.39 Å². The Morgan fingerprint density at radius 1 is 1.00 bits per heavy atom. The maximum absolute atomic E-state index is 12.9. The quantitative estimate of drug-likeness (QED) is 0.787. The minimum Gasteiger partial charge on any atom is -0.382 e. The number of halogens is 2. The third-order valence-corrected chi connectivity index (χ3v) is 3.15. The van der Waals surface area contributed by atoms with E-state index in [1.165, 1.54) is 16.8 Å². The van der Waals surface area contributed by atoms with Crippen LogP contribution in [-0.2, 0) is 0 Å². The number of nitrogens with two attached hydrogens (primary N) is 1. The van der Waals surface area contributed by atoms with Gasteiger partial charge in [0.1, 0.15) is 11.5 Å². The summed E-state index contributed by atoms with van der Waals surface area (Å²) in [5, 5.41) is 8.70. The predicted octanol–water partition coefficient (Wildman–Crippen LogP) is 3.31. The minimum atomic E-state index is -0.308. The largest absolute Gasteiger partial charge is 0.382 e. The fourth-order valence-electron chi connectivity index (χ4n) is 1.88. The lowest BCUT2D eigenvalue weighted by atomic mass is 10.1. The standard InChI is InChI=1S/C14H10ClFN4/c15-10-3-7-12(8-4-10)20-14(17)13(18-19-20)9-1-5-11(16)6-2-9/h1-8H,17H2. The highest BCUT2D eigenvalue weighted by Crippen LogP contribution is 2.25. The molecule has 20 heavy (non-hydrogen) atoms. The zero-order chi connectivity index (χ0) is 14.1. The Bertz CT molecular complexity index is 672. The van der Waals surface area contributed by atoms with Crippen molar-refractivity contribution in [2.45, 2.75) is 0 Å². The van der Waals surface area contributed by atoms with Crippen LogP contribution in [0.5, 0.6) is 0 Å². The summed E-state index contributed by atoms with van der Waals surface area (Å²) in [6.45, 7) is 0. The first-order valence-corrected chi connectivity index (χ1v) is 6.26. The van der Waals surface area contributed by atoms with Crippen LogP contribution in [0.2, 0.25) is 5.02 Å². The second-order valence-electron chi connectivity index (χ2n) is 4.22. The lowest BCUT2D eigenvalue weighted by molar-refractivity contribution is 0.628. The second kappa shape index (κ2) is 4.94. The van der Waals surface area contributed by atoms with Gasteiger partial charge in [0.2, 0.25) is 0 Å². The number of benzene rings is 2. The fourth-order valence-corrected chi connectivity index (χ4v) is 2.00. The maximum atomic E-state index is 12.9. The fraction of sp³-hybridized carbons (Fsp3) is 0. The van der Waals surface area contributed by atoms with Crippen molar-refractivity contribution in [3.8, 4) is 16.9 Å². The zero-order valence-electron chi connectivity index (χ0n) is 10.3. The molecule has 0 saturated heterocycles. The zero-order valence-corrected chi connectivity index (χ0v) is 11.0. The summed E-state index contributed by atoms with van der Waals surface area (Å²) < 4.78 is 14.4. The van der Waals surface area contributed by atoms with E-state index in [0.29, 0.717) is 22.1 Å². The van der Waals surface area contributed by atoms with Crippen molar-refractivity contribution in [3.63, 3.8) is 0 Å². The van der Waals surface area contributed by atoms with Crippen molar-refractivity contribution in [1.82, 2.24) is 15.0 Å². The molecule has 0 fully saturated rings. The molecule has 0 aliphatic rings. The van der Waals surface area contributed by atoms with E-state index in [9.17, 15) is 4.39 Å². The molecule has 0 aliphatic carbocycles. The van der Waals surface area contributed by atoms with E-state index in [2.05, 4.69) is 10.3 Å². The minimum absolute atomic E-state index is 0.308. The molecule has 2 aromatic carbocycles. The first-order chi connectivity index (χ1) is 9.65. The molecule has 0 bridgehead atoms. The highest BCUT2D eigenvalue weighted by molar-refractivity contribution is 6.30. The number of nitrogens with zero attached hydrogens (tertiary/aromatic N) is 3. The van der Waals surface area contributed by atoms with E-state index in [0.717, 1.165) is 5.69 Å². The molecule has 6 heteroatoms. The lowest BCUT2D eigenvalue weighted by Gasteiger charge is -2.03. The molecule has 2 N–H and O–H groups in total. The molecule has 0 radical (unpaired) electrons. The Morgan fingerprint density at radius 3 is 2.30 bits per heavy atom. The van der Waals surface area contributed by atoms with Gasteiger partial charge < -0.3 is 5.73 Å². The van der Waals surface area contributed by atoms with Gasteiger partial charge in [-0.1, -0.05) is 16.8 Å². The Morgan fingerprint density at radius 2 is 1.65 bits per heavy atom. The van der Waals surface area contributed by atoms with Crippen molar-refractivity contribution in [2.24, 2.45) is 0 Å². The monoisotopic (exact) mass is 288 g/mol. The number of hydrogen-bond acceptors (Lipinski definition) is 3. The van der Waals surface area contributed by atoms with Crippen molar-refractivity contribution in [3.05, 3.63) is 59.4 Å². The van der Waals surface area contributed by atoms with Crippen molar-refractivity contribution in [1.29, 1.82) is 0 Å². The summed E-state index contributed by atoms with van der Waals surface area (Å²) in [4.78, 5) is 0. The molecule has 3 aromatic rings. The Labute approximate surface area is 119 Å². The molecule has 0 aliphatic heterocycles. The van der Waals surface area contributed by atoms with E-state index in [4.69, 9.17) is 17.3 Å². The van der Waals surface area contributed by atoms with Crippen LogP contribution in [0.15, 0.2) is 48.5 Å². The Hall–Kier alpha value is -2.40. The number of rotatable bonds is 2. The van der Waals surface area contributed by atoms with Crippen LogP contribution in [0.25, 0.3) is 16.9 Å². The van der Waals surface area contributed by atoms with Crippen LogP contribution in [0.1, 0.15) is 0 Å². The molecule has 0 saturated carbocycles. The third-order valence-electron chi connectivity index (χ3n) is 2.89. The van der Waals surface area contributed by atoms with Crippen molar-refractivity contribution in [2.75, 3.05) is 5.73 Å². The molecular formula is C14H10ClFN4. The molecule has 3 rings (SSSR count). The summed E-state index contributed by atoms with van der Waals surface area (Å²) in [6.07, 6.45) is 0. The van der Waals surface area contributed by atoms with Crippen LogP contribution in [0.4, 0.5) is 10.2 Å². The van der Waals surface area contributed by atoms with Gasteiger partial charge in [0, 0.05) is 10.6 Å². The van der Waals surface area contributed by atoms with Crippen LogP contribution in [0.3, 0.4) is 0 Å². The molecule has 4 nitrogen and oxygen atoms in total. The van der Waals surface area contributed by atoms with Gasteiger partial charge in [-0.3, -0.25) is 0 Å². The summed E-state index contributed by atoms with van der Waals surface area (Å²) in [6, 6.07) is 13.0. The number of hydrogen-bond donors (Lipinski definition) is 1. The van der Waals surface area contributed by atoms with Gasteiger partial charge in [-0.15, -0.1) is 5.10 Å². The SMILES string of the molecule is Nc1c(-c2ccc(F)cc2)nnn1-c1ccc(Cl)cc1. The van der Waals surface area contributed by atoms with E-state index in [-0.39, 0.29) is 5.82 Å². The lowest BCUT2D eigenvalue weighted by Crippen LogP contribution is -2.02. The van der Waals surface area contributed by atoms with Crippen molar-refractivity contribution < 1.29 is 4.39 Å². The van der Waals surface area contributed by atoms with E-state index >= 15 is 0 Å². The molecule has 0 spiro atoms. The van der Waals surface area contributed by atoms with Gasteiger partial charge in [0.25, 0.3) is 0 Å². The maximum Gasteiger partial charge on any atom is 0.155 e. The van der Waals surface area contributed by atoms with Gasteiger partial charge in [-0.2, -0.15) is 4.68 Å². The van der Waals surface area contributed by atoms with E-state index in [1.807, 2.05) is 0 Å². The summed E-state index contributed by atoms with van der Waals surface area (Å²) >= 11 is 5.84. The Kier molecular flexibility index (Phi) is 3.12. The van der Waals surface area contributed by atoms with Crippen molar-refractivity contribution >= 4 is 17.4 Å². The van der Waals surface area contributed by atoms with Crippen LogP contribution < -0.4 is 5.73 Å². The predicted molar refractivity (Wildman–Crippen MR) is 76.2 cm³/mol. The summed E-state index contributed by atoms with van der Waals surface area (Å²) in [5.74, 6) is 0.0799. The van der Waals surface area contributed by atoms with Crippen LogP contribution in [-0.4, -0.2) is 15.0 Å². The summed E-state index contributed by atoms with van der Waals surface area (Å²) in [5.41, 5.74) is 8.04. The van der Waals surface area contributed by atoms with E-state index in [1.54, 1.807) is 36.4 Å². The number of aromatic nitrogens is 3. The number of nitrogen functional groups attached to an aromatic ring is 1. The Balaban J connectivity index is 2.04. The van der Waals surface area contributed by atoms with Gasteiger partial charge in [-0.05, 0) is 48.5 Å². The molecule has 100 valence electrons. The smallest absolute Gasteiger partial charge is 0.155 e. The first kappa shape index (κ1) is 12.6. The van der Waals surface area contributed by atoms with Gasteiger partial charge in [0.15, 0.2) is 5.82 Å². The van der Waals surface area contributed by atoms with Gasteiger partial charge in [0.05, 0.1) is 5.69 Å². The van der Waals surface area contributed by atoms with Gasteiger partial charge >= 0.3 is 0 Å². The van der Waals surface area contributed by atoms with Crippen LogP contribution in [0, 0.1) is 5.82 Å². The topological polar surface area (TPSA) is 56.7 Å². The molecule has 1 aromatic heterocycles. The van der Waals surface area contributed by atoms with E-state index < -0.39 is 0 Å². The molecule has 1 heterocycles. The molecule has 0 atom stereocenters.